The minimum atomic E-state index is -0.0806. The molecule has 0 atom stereocenters. The molecule has 0 unspecified atom stereocenters. The summed E-state index contributed by atoms with van der Waals surface area (Å²) in [6.07, 6.45) is 0. The Morgan fingerprint density at radius 1 is 1.33 bits per heavy atom. The summed E-state index contributed by atoms with van der Waals surface area (Å²) in [5, 5.41) is 14.1. The van der Waals surface area contributed by atoms with Gasteiger partial charge in [0.15, 0.2) is 0 Å². The van der Waals surface area contributed by atoms with Crippen LogP contribution in [0.25, 0.3) is 5.69 Å². The van der Waals surface area contributed by atoms with Crippen molar-refractivity contribution in [3.05, 3.63) is 40.2 Å². The molecule has 18 heavy (non-hydrogen) atoms. The normalized spacial score (nSPS) is 10.7. The molecule has 1 aromatic heterocycles. The van der Waals surface area contributed by atoms with Crippen molar-refractivity contribution >= 4 is 11.6 Å². The van der Waals surface area contributed by atoms with Crippen LogP contribution in [0.1, 0.15) is 17.0 Å². The molecule has 0 aliphatic heterocycles. The van der Waals surface area contributed by atoms with E-state index in [1.54, 1.807) is 17.9 Å². The molecule has 0 radical (unpaired) electrons. The van der Waals surface area contributed by atoms with Crippen LogP contribution in [-0.2, 0) is 6.61 Å². The summed E-state index contributed by atoms with van der Waals surface area (Å²) in [5.74, 6) is 0.654. The standard InChI is InChI=1S/C13H15ClN2O2/c1-8-4-12(13(18-3)6-11(8)14)16-9(2)5-10(7-17)15-16/h4-6,17H,7H2,1-3H3. The third-order valence-corrected chi connectivity index (χ3v) is 3.20. The molecule has 1 aromatic carbocycles. The third-order valence-electron chi connectivity index (χ3n) is 2.79. The summed E-state index contributed by atoms with van der Waals surface area (Å²) >= 11 is 6.07. The molecule has 96 valence electrons. The first kappa shape index (κ1) is 12.9. The third kappa shape index (κ3) is 2.21. The van der Waals surface area contributed by atoms with Gasteiger partial charge in [0.1, 0.15) is 11.4 Å². The van der Waals surface area contributed by atoms with Gasteiger partial charge in [0.05, 0.1) is 19.4 Å². The molecule has 0 saturated heterocycles. The Kier molecular flexibility index (Phi) is 3.59. The number of aromatic nitrogens is 2. The summed E-state index contributed by atoms with van der Waals surface area (Å²) < 4.78 is 7.07. The van der Waals surface area contributed by atoms with Gasteiger partial charge in [-0.2, -0.15) is 5.10 Å². The zero-order valence-electron chi connectivity index (χ0n) is 10.6. The zero-order valence-corrected chi connectivity index (χ0v) is 11.3. The molecule has 0 aliphatic carbocycles. The van der Waals surface area contributed by atoms with E-state index in [9.17, 15) is 0 Å². The van der Waals surface area contributed by atoms with Crippen molar-refractivity contribution in [2.75, 3.05) is 7.11 Å². The number of aliphatic hydroxyl groups excluding tert-OH is 1. The number of ether oxygens (including phenoxy) is 1. The molecule has 0 spiro atoms. The van der Waals surface area contributed by atoms with E-state index < -0.39 is 0 Å². The number of halogens is 1. The molecule has 0 saturated carbocycles. The van der Waals surface area contributed by atoms with Gasteiger partial charge in [-0.25, -0.2) is 4.68 Å². The Balaban J connectivity index is 2.61. The van der Waals surface area contributed by atoms with Crippen LogP contribution in [0.4, 0.5) is 0 Å². The SMILES string of the molecule is COc1cc(Cl)c(C)cc1-n1nc(CO)cc1C. The molecular weight excluding hydrogens is 252 g/mol. The van der Waals surface area contributed by atoms with E-state index in [0.717, 1.165) is 16.9 Å². The summed E-state index contributed by atoms with van der Waals surface area (Å²) in [7, 11) is 1.59. The predicted molar refractivity (Wildman–Crippen MR) is 70.5 cm³/mol. The van der Waals surface area contributed by atoms with Crippen LogP contribution in [0.5, 0.6) is 5.75 Å². The van der Waals surface area contributed by atoms with Crippen LogP contribution in [0.15, 0.2) is 18.2 Å². The van der Waals surface area contributed by atoms with Crippen molar-refractivity contribution in [3.63, 3.8) is 0 Å². The van der Waals surface area contributed by atoms with Crippen molar-refractivity contribution < 1.29 is 9.84 Å². The number of aliphatic hydroxyl groups is 1. The lowest BCUT2D eigenvalue weighted by molar-refractivity contribution is 0.276. The second-order valence-electron chi connectivity index (χ2n) is 4.12. The highest BCUT2D eigenvalue weighted by atomic mass is 35.5. The molecule has 1 N–H and O–H groups in total. The Hall–Kier alpha value is -1.52. The maximum Gasteiger partial charge on any atom is 0.146 e. The van der Waals surface area contributed by atoms with Crippen LogP contribution >= 0.6 is 11.6 Å². The number of benzene rings is 1. The first-order valence-electron chi connectivity index (χ1n) is 5.57. The van der Waals surface area contributed by atoms with Gasteiger partial charge in [-0.15, -0.1) is 0 Å². The number of aryl methyl sites for hydroxylation is 2. The highest BCUT2D eigenvalue weighted by Gasteiger charge is 2.12. The van der Waals surface area contributed by atoms with Gasteiger partial charge in [-0.1, -0.05) is 11.6 Å². The quantitative estimate of drug-likeness (QED) is 0.929. The molecule has 5 heteroatoms. The topological polar surface area (TPSA) is 47.3 Å². The number of nitrogens with zero attached hydrogens (tertiary/aromatic N) is 2. The highest BCUT2D eigenvalue weighted by molar-refractivity contribution is 6.31. The maximum atomic E-state index is 9.12. The summed E-state index contributed by atoms with van der Waals surface area (Å²) in [6, 6.07) is 5.53. The molecule has 0 aliphatic rings. The fourth-order valence-corrected chi connectivity index (χ4v) is 1.99. The summed E-state index contributed by atoms with van der Waals surface area (Å²) in [4.78, 5) is 0. The summed E-state index contributed by atoms with van der Waals surface area (Å²) in [6.45, 7) is 3.77. The Morgan fingerprint density at radius 3 is 2.61 bits per heavy atom. The van der Waals surface area contributed by atoms with Gasteiger partial charge in [-0.05, 0) is 31.5 Å². The van der Waals surface area contributed by atoms with Crippen LogP contribution < -0.4 is 4.74 Å². The van der Waals surface area contributed by atoms with Crippen molar-refractivity contribution in [1.82, 2.24) is 9.78 Å². The second-order valence-corrected chi connectivity index (χ2v) is 4.53. The fraction of sp³-hybridized carbons (Fsp3) is 0.308. The van der Waals surface area contributed by atoms with Crippen molar-refractivity contribution in [2.24, 2.45) is 0 Å². The van der Waals surface area contributed by atoms with Crippen LogP contribution in [0, 0.1) is 13.8 Å². The minimum Gasteiger partial charge on any atom is -0.494 e. The lowest BCUT2D eigenvalue weighted by Crippen LogP contribution is -2.03. The van der Waals surface area contributed by atoms with Crippen LogP contribution in [0.2, 0.25) is 5.02 Å². The minimum absolute atomic E-state index is 0.0806. The van der Waals surface area contributed by atoms with Gasteiger partial charge >= 0.3 is 0 Å². The monoisotopic (exact) mass is 266 g/mol. The van der Waals surface area contributed by atoms with E-state index in [1.807, 2.05) is 26.0 Å². The van der Waals surface area contributed by atoms with Gasteiger partial charge in [0, 0.05) is 16.8 Å². The number of rotatable bonds is 3. The Morgan fingerprint density at radius 2 is 2.06 bits per heavy atom. The predicted octanol–water partition coefficient (Wildman–Crippen LogP) is 2.64. The van der Waals surface area contributed by atoms with Crippen molar-refractivity contribution in [3.8, 4) is 11.4 Å². The summed E-state index contributed by atoms with van der Waals surface area (Å²) in [5.41, 5.74) is 3.32. The van der Waals surface area contributed by atoms with E-state index >= 15 is 0 Å². The van der Waals surface area contributed by atoms with Gasteiger partial charge in [0.25, 0.3) is 0 Å². The van der Waals surface area contributed by atoms with Gasteiger partial charge in [0.2, 0.25) is 0 Å². The smallest absolute Gasteiger partial charge is 0.146 e. The molecule has 0 fully saturated rings. The number of methoxy groups -OCH3 is 1. The molecule has 2 rings (SSSR count). The number of hydrogen-bond acceptors (Lipinski definition) is 3. The molecule has 0 bridgehead atoms. The second kappa shape index (κ2) is 5.00. The van der Waals surface area contributed by atoms with Crippen molar-refractivity contribution in [1.29, 1.82) is 0 Å². The largest absolute Gasteiger partial charge is 0.494 e. The van der Waals surface area contributed by atoms with E-state index in [4.69, 9.17) is 21.4 Å². The first-order valence-corrected chi connectivity index (χ1v) is 5.95. The number of hydrogen-bond donors (Lipinski definition) is 1. The lowest BCUT2D eigenvalue weighted by Gasteiger charge is -2.12. The van der Waals surface area contributed by atoms with Gasteiger partial charge < -0.3 is 9.84 Å². The van der Waals surface area contributed by atoms with Gasteiger partial charge in [-0.3, -0.25) is 0 Å². The fourth-order valence-electron chi connectivity index (χ4n) is 1.84. The molecule has 1 heterocycles. The Labute approximate surface area is 111 Å². The zero-order chi connectivity index (χ0) is 13.3. The maximum absolute atomic E-state index is 9.12. The lowest BCUT2D eigenvalue weighted by atomic mass is 10.2. The van der Waals surface area contributed by atoms with E-state index in [1.165, 1.54) is 0 Å². The molecular formula is C13H15ClN2O2. The average Bonchev–Trinajstić information content (AvgIpc) is 2.73. The first-order chi connectivity index (χ1) is 8.56. The Bertz CT molecular complexity index is 579. The molecule has 2 aromatic rings. The molecule has 0 amide bonds. The molecule has 4 nitrogen and oxygen atoms in total. The van der Waals surface area contributed by atoms with Crippen molar-refractivity contribution in [2.45, 2.75) is 20.5 Å². The van der Waals surface area contributed by atoms with E-state index in [-0.39, 0.29) is 6.61 Å². The van der Waals surface area contributed by atoms with Crippen LogP contribution in [-0.4, -0.2) is 22.0 Å². The average molecular weight is 267 g/mol. The van der Waals surface area contributed by atoms with E-state index in [0.29, 0.717) is 16.5 Å². The highest BCUT2D eigenvalue weighted by Crippen LogP contribution is 2.30. The van der Waals surface area contributed by atoms with E-state index in [2.05, 4.69) is 5.10 Å². The van der Waals surface area contributed by atoms with Crippen LogP contribution in [0.3, 0.4) is 0 Å².